The molecule has 19 heavy (non-hydrogen) atoms. The lowest BCUT2D eigenvalue weighted by Crippen LogP contribution is -2.39. The van der Waals surface area contributed by atoms with Crippen molar-refractivity contribution in [1.82, 2.24) is 5.32 Å². The van der Waals surface area contributed by atoms with Crippen LogP contribution in [-0.2, 0) is 14.2 Å². The zero-order valence-electron chi connectivity index (χ0n) is 12.7. The van der Waals surface area contributed by atoms with Gasteiger partial charge in [0, 0.05) is 32.2 Å². The SMILES string of the molecule is COCCNCC1(CC2CCC(C)(C)O2)CCOC1. The van der Waals surface area contributed by atoms with Crippen LogP contribution in [0.4, 0.5) is 0 Å². The van der Waals surface area contributed by atoms with Crippen molar-refractivity contribution < 1.29 is 14.2 Å². The van der Waals surface area contributed by atoms with Gasteiger partial charge in [0.15, 0.2) is 0 Å². The zero-order valence-corrected chi connectivity index (χ0v) is 12.7. The monoisotopic (exact) mass is 271 g/mol. The lowest BCUT2D eigenvalue weighted by molar-refractivity contribution is -0.0368. The molecule has 0 aliphatic carbocycles. The Morgan fingerprint density at radius 1 is 1.32 bits per heavy atom. The molecular formula is C15H29NO3. The van der Waals surface area contributed by atoms with E-state index in [4.69, 9.17) is 14.2 Å². The van der Waals surface area contributed by atoms with Gasteiger partial charge in [0.1, 0.15) is 0 Å². The number of nitrogens with one attached hydrogen (secondary N) is 1. The Kier molecular flexibility index (Phi) is 5.23. The van der Waals surface area contributed by atoms with Crippen molar-refractivity contribution in [2.24, 2.45) is 5.41 Å². The molecule has 0 bridgehead atoms. The van der Waals surface area contributed by atoms with E-state index in [0.29, 0.717) is 6.10 Å². The van der Waals surface area contributed by atoms with Crippen molar-refractivity contribution >= 4 is 0 Å². The van der Waals surface area contributed by atoms with Crippen molar-refractivity contribution in [2.45, 2.75) is 51.2 Å². The fraction of sp³-hybridized carbons (Fsp3) is 1.00. The van der Waals surface area contributed by atoms with E-state index in [0.717, 1.165) is 45.8 Å². The zero-order chi connectivity index (χ0) is 13.8. The number of rotatable bonds is 7. The number of ether oxygens (including phenoxy) is 3. The van der Waals surface area contributed by atoms with Crippen LogP contribution in [0.25, 0.3) is 0 Å². The van der Waals surface area contributed by atoms with Crippen LogP contribution in [0, 0.1) is 5.41 Å². The highest BCUT2D eigenvalue weighted by molar-refractivity contribution is 4.91. The van der Waals surface area contributed by atoms with Crippen LogP contribution in [0.5, 0.6) is 0 Å². The summed E-state index contributed by atoms with van der Waals surface area (Å²) in [4.78, 5) is 0. The molecule has 2 atom stereocenters. The summed E-state index contributed by atoms with van der Waals surface area (Å²) in [7, 11) is 1.74. The maximum atomic E-state index is 6.16. The molecule has 0 aromatic rings. The molecule has 2 aliphatic heterocycles. The summed E-state index contributed by atoms with van der Waals surface area (Å²) in [5.41, 5.74) is 0.327. The Hall–Kier alpha value is -0.160. The molecule has 2 unspecified atom stereocenters. The van der Waals surface area contributed by atoms with Gasteiger partial charge in [0.2, 0.25) is 0 Å². The Morgan fingerprint density at radius 3 is 2.74 bits per heavy atom. The van der Waals surface area contributed by atoms with Crippen molar-refractivity contribution in [3.63, 3.8) is 0 Å². The Balaban J connectivity index is 1.82. The molecule has 2 rings (SSSR count). The van der Waals surface area contributed by atoms with Gasteiger partial charge >= 0.3 is 0 Å². The van der Waals surface area contributed by atoms with Crippen molar-refractivity contribution in [2.75, 3.05) is 40.0 Å². The highest BCUT2D eigenvalue weighted by Crippen LogP contribution is 2.39. The highest BCUT2D eigenvalue weighted by Gasteiger charge is 2.41. The fourth-order valence-corrected chi connectivity index (χ4v) is 3.25. The maximum absolute atomic E-state index is 6.16. The van der Waals surface area contributed by atoms with E-state index in [2.05, 4.69) is 19.2 Å². The van der Waals surface area contributed by atoms with Gasteiger partial charge in [-0.2, -0.15) is 0 Å². The van der Waals surface area contributed by atoms with Crippen LogP contribution in [-0.4, -0.2) is 51.7 Å². The summed E-state index contributed by atoms with van der Waals surface area (Å²) < 4.78 is 16.9. The standard InChI is InChI=1S/C15H29NO3/c1-14(2)5-4-13(19-14)10-15(6-8-18-12-15)11-16-7-9-17-3/h13,16H,4-12H2,1-3H3. The lowest BCUT2D eigenvalue weighted by atomic mass is 9.81. The molecule has 2 fully saturated rings. The third kappa shape index (κ3) is 4.42. The summed E-state index contributed by atoms with van der Waals surface area (Å²) in [5, 5.41) is 3.50. The summed E-state index contributed by atoms with van der Waals surface area (Å²) >= 11 is 0. The molecule has 0 spiro atoms. The molecule has 4 heteroatoms. The van der Waals surface area contributed by atoms with E-state index in [1.165, 1.54) is 12.8 Å². The first kappa shape index (κ1) is 15.2. The number of hydrogen-bond acceptors (Lipinski definition) is 4. The fourth-order valence-electron chi connectivity index (χ4n) is 3.25. The first-order chi connectivity index (χ1) is 9.05. The molecule has 4 nitrogen and oxygen atoms in total. The molecule has 0 radical (unpaired) electrons. The minimum absolute atomic E-state index is 0.0643. The second-order valence-corrected chi connectivity index (χ2v) is 6.71. The minimum atomic E-state index is 0.0643. The molecule has 0 saturated carbocycles. The molecule has 2 aliphatic rings. The Morgan fingerprint density at radius 2 is 2.16 bits per heavy atom. The summed E-state index contributed by atoms with van der Waals surface area (Å²) in [6.45, 7) is 8.84. The molecular weight excluding hydrogens is 242 g/mol. The van der Waals surface area contributed by atoms with Crippen molar-refractivity contribution in [1.29, 1.82) is 0 Å². The predicted octanol–water partition coefficient (Wildman–Crippen LogP) is 1.98. The van der Waals surface area contributed by atoms with E-state index >= 15 is 0 Å². The van der Waals surface area contributed by atoms with Gasteiger partial charge < -0.3 is 19.5 Å². The maximum Gasteiger partial charge on any atom is 0.0631 e. The third-order valence-corrected chi connectivity index (χ3v) is 4.38. The first-order valence-corrected chi connectivity index (χ1v) is 7.51. The van der Waals surface area contributed by atoms with Crippen LogP contribution < -0.4 is 5.32 Å². The second kappa shape index (κ2) is 6.53. The molecule has 0 amide bonds. The highest BCUT2D eigenvalue weighted by atomic mass is 16.5. The van der Waals surface area contributed by atoms with Crippen molar-refractivity contribution in [3.8, 4) is 0 Å². The van der Waals surface area contributed by atoms with E-state index in [-0.39, 0.29) is 11.0 Å². The minimum Gasteiger partial charge on any atom is -0.383 e. The third-order valence-electron chi connectivity index (χ3n) is 4.38. The molecule has 2 heterocycles. The van der Waals surface area contributed by atoms with Gasteiger partial charge in [0.25, 0.3) is 0 Å². The second-order valence-electron chi connectivity index (χ2n) is 6.71. The van der Waals surface area contributed by atoms with Crippen LogP contribution in [0.15, 0.2) is 0 Å². The molecule has 112 valence electrons. The van der Waals surface area contributed by atoms with Crippen LogP contribution in [0.3, 0.4) is 0 Å². The van der Waals surface area contributed by atoms with Gasteiger partial charge in [0.05, 0.1) is 24.9 Å². The number of hydrogen-bond donors (Lipinski definition) is 1. The van der Waals surface area contributed by atoms with Crippen LogP contribution >= 0.6 is 0 Å². The van der Waals surface area contributed by atoms with Crippen molar-refractivity contribution in [3.05, 3.63) is 0 Å². The molecule has 2 saturated heterocycles. The molecule has 1 N–H and O–H groups in total. The Bertz CT molecular complexity index is 275. The first-order valence-electron chi connectivity index (χ1n) is 7.51. The quantitative estimate of drug-likeness (QED) is 0.719. The van der Waals surface area contributed by atoms with E-state index in [1.54, 1.807) is 7.11 Å². The lowest BCUT2D eigenvalue weighted by Gasteiger charge is -2.31. The van der Waals surface area contributed by atoms with E-state index in [1.807, 2.05) is 0 Å². The molecule has 0 aromatic heterocycles. The van der Waals surface area contributed by atoms with Gasteiger partial charge in [-0.1, -0.05) is 0 Å². The van der Waals surface area contributed by atoms with Gasteiger partial charge in [-0.15, -0.1) is 0 Å². The molecule has 0 aromatic carbocycles. The Labute approximate surface area is 117 Å². The largest absolute Gasteiger partial charge is 0.383 e. The average molecular weight is 271 g/mol. The number of methoxy groups -OCH3 is 1. The van der Waals surface area contributed by atoms with Gasteiger partial charge in [-0.25, -0.2) is 0 Å². The summed E-state index contributed by atoms with van der Waals surface area (Å²) in [5.74, 6) is 0. The van der Waals surface area contributed by atoms with E-state index in [9.17, 15) is 0 Å². The predicted molar refractivity (Wildman–Crippen MR) is 75.4 cm³/mol. The van der Waals surface area contributed by atoms with Crippen LogP contribution in [0.1, 0.15) is 39.5 Å². The van der Waals surface area contributed by atoms with Crippen LogP contribution in [0.2, 0.25) is 0 Å². The smallest absolute Gasteiger partial charge is 0.0631 e. The van der Waals surface area contributed by atoms with Gasteiger partial charge in [-0.3, -0.25) is 0 Å². The van der Waals surface area contributed by atoms with E-state index < -0.39 is 0 Å². The summed E-state index contributed by atoms with van der Waals surface area (Å²) in [6, 6.07) is 0. The normalized spacial score (nSPS) is 33.9. The summed E-state index contributed by atoms with van der Waals surface area (Å²) in [6.07, 6.45) is 5.03. The van der Waals surface area contributed by atoms with Gasteiger partial charge in [-0.05, 0) is 39.5 Å². The topological polar surface area (TPSA) is 39.7 Å². The average Bonchev–Trinajstić information content (AvgIpc) is 2.93.